The fourth-order valence-electron chi connectivity index (χ4n) is 2.89. The van der Waals surface area contributed by atoms with Gasteiger partial charge in [0.2, 0.25) is 10.0 Å². The second-order valence-electron chi connectivity index (χ2n) is 6.10. The van der Waals surface area contributed by atoms with Gasteiger partial charge in [0.15, 0.2) is 5.76 Å². The summed E-state index contributed by atoms with van der Waals surface area (Å²) in [6.45, 7) is 3.67. The molecule has 1 aliphatic heterocycles. The van der Waals surface area contributed by atoms with E-state index in [0.29, 0.717) is 5.69 Å². The molecule has 0 aliphatic carbocycles. The Bertz CT molecular complexity index is 951. The predicted octanol–water partition coefficient (Wildman–Crippen LogP) is 2.62. The number of benzene rings is 1. The highest BCUT2D eigenvalue weighted by molar-refractivity contribution is 7.89. The SMILES string of the molecule is Cc1noc(C)c1S(=O)(=O)N1CCN(C(=O)Nc2ccc(Cl)cc2F)CC1. The molecule has 0 radical (unpaired) electrons. The topological polar surface area (TPSA) is 95.8 Å². The van der Waals surface area contributed by atoms with Crippen LogP contribution in [0.5, 0.6) is 0 Å². The van der Waals surface area contributed by atoms with Crippen molar-refractivity contribution in [2.24, 2.45) is 0 Å². The number of carbonyl (C=O) groups is 1. The van der Waals surface area contributed by atoms with Gasteiger partial charge in [-0.25, -0.2) is 17.6 Å². The molecule has 11 heteroatoms. The Kier molecular flexibility index (Phi) is 5.41. The van der Waals surface area contributed by atoms with Crippen LogP contribution in [0, 0.1) is 19.7 Å². The van der Waals surface area contributed by atoms with Crippen LogP contribution < -0.4 is 5.32 Å². The Morgan fingerprint density at radius 2 is 1.93 bits per heavy atom. The predicted molar refractivity (Wildman–Crippen MR) is 96.7 cm³/mol. The van der Waals surface area contributed by atoms with Gasteiger partial charge < -0.3 is 14.7 Å². The molecule has 2 aromatic rings. The second-order valence-corrected chi connectivity index (χ2v) is 8.41. The van der Waals surface area contributed by atoms with E-state index in [0.717, 1.165) is 6.07 Å². The molecule has 0 spiro atoms. The number of anilines is 1. The van der Waals surface area contributed by atoms with Crippen LogP contribution in [0.1, 0.15) is 11.5 Å². The highest BCUT2D eigenvalue weighted by Crippen LogP contribution is 2.24. The summed E-state index contributed by atoms with van der Waals surface area (Å²) in [5.74, 6) is -0.415. The minimum Gasteiger partial charge on any atom is -0.360 e. The van der Waals surface area contributed by atoms with Crippen molar-refractivity contribution in [1.29, 1.82) is 0 Å². The monoisotopic (exact) mass is 416 g/mol. The molecule has 0 atom stereocenters. The number of nitrogens with one attached hydrogen (secondary N) is 1. The van der Waals surface area contributed by atoms with Gasteiger partial charge in [0.25, 0.3) is 0 Å². The highest BCUT2D eigenvalue weighted by Gasteiger charge is 2.34. The van der Waals surface area contributed by atoms with E-state index in [2.05, 4.69) is 10.5 Å². The first-order chi connectivity index (χ1) is 12.7. The van der Waals surface area contributed by atoms with Crippen LogP contribution in [0.2, 0.25) is 5.02 Å². The molecular formula is C16H18ClFN4O4S. The Hall–Kier alpha value is -2.17. The van der Waals surface area contributed by atoms with E-state index in [-0.39, 0.29) is 47.5 Å². The maximum atomic E-state index is 13.8. The molecule has 27 heavy (non-hydrogen) atoms. The van der Waals surface area contributed by atoms with Gasteiger partial charge in [-0.05, 0) is 32.0 Å². The zero-order chi connectivity index (χ0) is 19.8. The first kappa shape index (κ1) is 19.6. The van der Waals surface area contributed by atoms with Gasteiger partial charge in [0, 0.05) is 31.2 Å². The summed E-state index contributed by atoms with van der Waals surface area (Å²) in [6, 6.07) is 3.43. The molecule has 1 saturated heterocycles. The fraction of sp³-hybridized carbons (Fsp3) is 0.375. The van der Waals surface area contributed by atoms with Crippen molar-refractivity contribution in [1.82, 2.24) is 14.4 Å². The lowest BCUT2D eigenvalue weighted by Crippen LogP contribution is -2.51. The number of rotatable bonds is 3. The summed E-state index contributed by atoms with van der Waals surface area (Å²) in [5, 5.41) is 6.37. The van der Waals surface area contributed by atoms with Crippen molar-refractivity contribution >= 4 is 33.3 Å². The Balaban J connectivity index is 1.65. The van der Waals surface area contributed by atoms with Crippen LogP contribution >= 0.6 is 11.6 Å². The summed E-state index contributed by atoms with van der Waals surface area (Å²) in [6.07, 6.45) is 0. The maximum absolute atomic E-state index is 13.8. The van der Waals surface area contributed by atoms with Gasteiger partial charge in [-0.1, -0.05) is 16.8 Å². The van der Waals surface area contributed by atoms with Crippen molar-refractivity contribution in [2.75, 3.05) is 31.5 Å². The minimum absolute atomic E-state index is 0.00942. The largest absolute Gasteiger partial charge is 0.360 e. The number of halogens is 2. The molecule has 146 valence electrons. The third-order valence-corrected chi connectivity index (χ3v) is 6.64. The number of aryl methyl sites for hydroxylation is 2. The second kappa shape index (κ2) is 7.45. The standard InChI is InChI=1S/C16H18ClFN4O4S/c1-10-15(11(2)26-20-10)27(24,25)22-7-5-21(6-8-22)16(23)19-14-4-3-12(17)9-13(14)18/h3-4,9H,5-8H2,1-2H3,(H,19,23). The summed E-state index contributed by atoms with van der Waals surface area (Å²) in [4.78, 5) is 13.8. The molecule has 1 fully saturated rings. The number of piperazine rings is 1. The van der Waals surface area contributed by atoms with Crippen LogP contribution in [-0.4, -0.2) is 55.0 Å². The third kappa shape index (κ3) is 3.92. The molecule has 1 aromatic carbocycles. The first-order valence-corrected chi connectivity index (χ1v) is 9.96. The van der Waals surface area contributed by atoms with Gasteiger partial charge >= 0.3 is 6.03 Å². The van der Waals surface area contributed by atoms with E-state index in [9.17, 15) is 17.6 Å². The summed E-state index contributed by atoms with van der Waals surface area (Å²) in [7, 11) is -3.76. The van der Waals surface area contributed by atoms with Crippen LogP contribution in [0.15, 0.2) is 27.6 Å². The lowest BCUT2D eigenvalue weighted by atomic mass is 10.3. The van der Waals surface area contributed by atoms with Crippen LogP contribution in [0.4, 0.5) is 14.9 Å². The molecular weight excluding hydrogens is 399 g/mol. The number of hydrogen-bond acceptors (Lipinski definition) is 5. The lowest BCUT2D eigenvalue weighted by molar-refractivity contribution is 0.184. The van der Waals surface area contributed by atoms with Crippen molar-refractivity contribution in [3.8, 4) is 0 Å². The van der Waals surface area contributed by atoms with E-state index in [4.69, 9.17) is 16.1 Å². The van der Waals surface area contributed by atoms with Crippen LogP contribution in [0.25, 0.3) is 0 Å². The molecule has 1 aliphatic rings. The first-order valence-electron chi connectivity index (χ1n) is 8.14. The minimum atomic E-state index is -3.76. The molecule has 2 heterocycles. The van der Waals surface area contributed by atoms with Crippen LogP contribution in [0.3, 0.4) is 0 Å². The highest BCUT2D eigenvalue weighted by atomic mass is 35.5. The number of aromatic nitrogens is 1. The molecule has 0 unspecified atom stereocenters. The number of nitrogens with zero attached hydrogens (tertiary/aromatic N) is 3. The van der Waals surface area contributed by atoms with Crippen molar-refractivity contribution in [3.63, 3.8) is 0 Å². The van der Waals surface area contributed by atoms with Gasteiger partial charge in [-0.2, -0.15) is 4.31 Å². The molecule has 1 aromatic heterocycles. The van der Waals surface area contributed by atoms with E-state index in [1.807, 2.05) is 0 Å². The van der Waals surface area contributed by atoms with Gasteiger partial charge in [-0.3, -0.25) is 0 Å². The third-order valence-electron chi connectivity index (χ3n) is 4.26. The molecule has 0 saturated carbocycles. The Morgan fingerprint density at radius 3 is 2.48 bits per heavy atom. The number of sulfonamides is 1. The maximum Gasteiger partial charge on any atom is 0.322 e. The average Bonchev–Trinajstić information content (AvgIpc) is 2.96. The number of hydrogen-bond donors (Lipinski definition) is 1. The van der Waals surface area contributed by atoms with E-state index in [1.54, 1.807) is 6.92 Å². The quantitative estimate of drug-likeness (QED) is 0.829. The lowest BCUT2D eigenvalue weighted by Gasteiger charge is -2.33. The fourth-order valence-corrected chi connectivity index (χ4v) is 4.76. The molecule has 8 nitrogen and oxygen atoms in total. The smallest absolute Gasteiger partial charge is 0.322 e. The number of carbonyl (C=O) groups excluding carboxylic acids is 1. The van der Waals surface area contributed by atoms with Gasteiger partial charge in [0.05, 0.1) is 5.69 Å². The van der Waals surface area contributed by atoms with E-state index < -0.39 is 21.9 Å². The summed E-state index contributed by atoms with van der Waals surface area (Å²) in [5.41, 5.74) is 0.307. The Labute approximate surface area is 160 Å². The molecule has 3 rings (SSSR count). The summed E-state index contributed by atoms with van der Waals surface area (Å²) >= 11 is 5.69. The number of urea groups is 1. The number of amides is 2. The normalized spacial score (nSPS) is 15.8. The van der Waals surface area contributed by atoms with E-state index in [1.165, 1.54) is 28.3 Å². The average molecular weight is 417 g/mol. The van der Waals surface area contributed by atoms with Crippen LogP contribution in [-0.2, 0) is 10.0 Å². The van der Waals surface area contributed by atoms with Crippen molar-refractivity contribution in [3.05, 3.63) is 40.5 Å². The Morgan fingerprint density at radius 1 is 1.26 bits per heavy atom. The van der Waals surface area contributed by atoms with Crippen molar-refractivity contribution < 1.29 is 22.1 Å². The zero-order valence-corrected chi connectivity index (χ0v) is 16.3. The molecule has 1 N–H and O–H groups in total. The van der Waals surface area contributed by atoms with Crippen molar-refractivity contribution in [2.45, 2.75) is 18.7 Å². The van der Waals surface area contributed by atoms with Gasteiger partial charge in [0.1, 0.15) is 16.4 Å². The van der Waals surface area contributed by atoms with E-state index >= 15 is 0 Å². The zero-order valence-electron chi connectivity index (χ0n) is 14.7. The molecule has 2 amide bonds. The summed E-state index contributed by atoms with van der Waals surface area (Å²) < 4.78 is 45.6. The van der Waals surface area contributed by atoms with Gasteiger partial charge in [-0.15, -0.1) is 0 Å². The molecule has 0 bridgehead atoms.